The van der Waals surface area contributed by atoms with E-state index in [4.69, 9.17) is 11.8 Å². The predicted molar refractivity (Wildman–Crippen MR) is 125 cm³/mol. The molecule has 184 valence electrons. The summed E-state index contributed by atoms with van der Waals surface area (Å²) in [5.41, 5.74) is 2.08. The zero-order valence-electron chi connectivity index (χ0n) is 18.8. The van der Waals surface area contributed by atoms with E-state index in [9.17, 15) is 17.6 Å². The van der Waals surface area contributed by atoms with E-state index in [1.807, 2.05) is 36.4 Å². The molecule has 0 atom stereocenters. The molecule has 2 aromatic carbocycles. The number of rotatable bonds is 3. The number of hydrogen-bond acceptors (Lipinski definition) is 4. The molecule has 0 unspecified atom stereocenters. The first-order valence-corrected chi connectivity index (χ1v) is 10.3. The van der Waals surface area contributed by atoms with Gasteiger partial charge in [-0.15, -0.1) is 24.3 Å². The Balaban J connectivity index is 0.000000272. The summed E-state index contributed by atoms with van der Waals surface area (Å²) < 4.78 is 53.4. The second-order valence-corrected chi connectivity index (χ2v) is 6.92. The molecule has 5 rings (SSSR count). The molecule has 0 bridgehead atoms. The largest absolute Gasteiger partial charge is 3.00 e. The first-order chi connectivity index (χ1) is 17.5. The topological polar surface area (TPSA) is 62.5 Å². The maximum Gasteiger partial charge on any atom is 3.00 e. The molecule has 3 aromatic heterocycles. The van der Waals surface area contributed by atoms with Crippen molar-refractivity contribution in [1.29, 1.82) is 5.26 Å². The van der Waals surface area contributed by atoms with Crippen LogP contribution in [-0.2, 0) is 20.1 Å². The Hall–Kier alpha value is -4.25. The number of hydrogen-bond donors (Lipinski definition) is 0. The average molecular weight is 676 g/mol. The molecule has 9 heteroatoms. The van der Waals surface area contributed by atoms with Gasteiger partial charge in [0.05, 0.1) is 11.4 Å². The molecule has 0 aliphatic carbocycles. The van der Waals surface area contributed by atoms with Gasteiger partial charge in [0.2, 0.25) is 0 Å². The Labute approximate surface area is 224 Å². The monoisotopic (exact) mass is 676 g/mol. The number of pyridine rings is 3. The Kier molecular flexibility index (Phi) is 11.2. The minimum absolute atomic E-state index is 0. The first kappa shape index (κ1) is 29.0. The van der Waals surface area contributed by atoms with Gasteiger partial charge in [0, 0.05) is 35.7 Å². The average Bonchev–Trinajstić information content (AvgIpc) is 2.91. The van der Waals surface area contributed by atoms with Crippen LogP contribution in [0.2, 0.25) is 0 Å². The minimum Gasteiger partial charge on any atom is -0.512 e. The Bertz CT molecular complexity index is 1340. The predicted octanol–water partition coefficient (Wildman–Crippen LogP) is 6.81. The van der Waals surface area contributed by atoms with Crippen LogP contribution in [0.4, 0.5) is 17.6 Å². The third-order valence-electron chi connectivity index (χ3n) is 4.57. The molecular weight excluding hydrogens is 661 g/mol. The van der Waals surface area contributed by atoms with Crippen molar-refractivity contribution >= 4 is 0 Å². The van der Waals surface area contributed by atoms with E-state index in [0.717, 1.165) is 23.5 Å². The van der Waals surface area contributed by atoms with Gasteiger partial charge in [-0.1, -0.05) is 53.6 Å². The zero-order chi connectivity index (χ0) is 25.9. The van der Waals surface area contributed by atoms with Crippen LogP contribution in [0.1, 0.15) is 0 Å². The van der Waals surface area contributed by atoms with E-state index in [-0.39, 0.29) is 42.6 Å². The number of halogens is 4. The van der Waals surface area contributed by atoms with Crippen molar-refractivity contribution in [2.24, 2.45) is 0 Å². The SMILES string of the molecule is Fc1c[c-]c(-c2cccc(-c3[c-]cc(F)cc3F)n2)c(F)c1.[C-]#N.[Ir+3].c1ccc(-c2ccccn2)nc1. The number of nitrogens with zero attached hydrogens (tertiary/aromatic N) is 4. The fraction of sp³-hybridized carbons (Fsp3) is 0. The van der Waals surface area contributed by atoms with E-state index < -0.39 is 23.3 Å². The molecule has 0 spiro atoms. The van der Waals surface area contributed by atoms with E-state index in [1.165, 1.54) is 18.2 Å². The molecule has 0 aliphatic heterocycles. The Morgan fingerprint density at radius 1 is 0.595 bits per heavy atom. The minimum atomic E-state index is -0.826. The standard InChI is InChI=1S/C17H7F4N.C10H8N2.CN.Ir/c18-10-4-6-12(14(20)8-10)16-2-1-3-17(22-16)13-7-5-11(19)9-15(13)21;1-3-7-11-9(5-1)10-6-2-4-8-12-10;1-2;/h1-5,8-9H;1-8H;;/q-2;;-1;+3. The third-order valence-corrected chi connectivity index (χ3v) is 4.57. The van der Waals surface area contributed by atoms with Gasteiger partial charge in [0.15, 0.2) is 0 Å². The van der Waals surface area contributed by atoms with Crippen LogP contribution >= 0.6 is 0 Å². The van der Waals surface area contributed by atoms with Crippen LogP contribution in [0.15, 0.2) is 91.3 Å². The molecule has 3 heterocycles. The molecule has 0 fully saturated rings. The van der Waals surface area contributed by atoms with Gasteiger partial charge in [0.25, 0.3) is 0 Å². The molecule has 0 saturated heterocycles. The van der Waals surface area contributed by atoms with Crippen molar-refractivity contribution in [3.8, 4) is 33.9 Å². The maximum atomic E-state index is 13.8. The normalized spacial score (nSPS) is 9.57. The summed E-state index contributed by atoms with van der Waals surface area (Å²) in [7, 11) is 0. The molecule has 0 radical (unpaired) electrons. The second kappa shape index (κ2) is 14.3. The van der Waals surface area contributed by atoms with Crippen LogP contribution in [0.25, 0.3) is 33.9 Å². The van der Waals surface area contributed by atoms with Crippen molar-refractivity contribution < 1.29 is 37.7 Å². The van der Waals surface area contributed by atoms with Crippen molar-refractivity contribution in [3.05, 3.63) is 133 Å². The summed E-state index contributed by atoms with van der Waals surface area (Å²) in [4.78, 5) is 12.5. The molecule has 37 heavy (non-hydrogen) atoms. The zero-order valence-corrected chi connectivity index (χ0v) is 21.2. The molecule has 0 saturated carbocycles. The van der Waals surface area contributed by atoms with Gasteiger partial charge in [0.1, 0.15) is 0 Å². The fourth-order valence-corrected chi connectivity index (χ4v) is 3.02. The van der Waals surface area contributed by atoms with Crippen molar-refractivity contribution in [2.75, 3.05) is 0 Å². The molecule has 4 nitrogen and oxygen atoms in total. The van der Waals surface area contributed by atoms with Gasteiger partial charge in [-0.25, -0.2) is 0 Å². The van der Waals surface area contributed by atoms with Crippen LogP contribution in [-0.4, -0.2) is 15.0 Å². The van der Waals surface area contributed by atoms with Crippen molar-refractivity contribution in [2.45, 2.75) is 0 Å². The summed E-state index contributed by atoms with van der Waals surface area (Å²) in [6.45, 7) is 4.75. The van der Waals surface area contributed by atoms with E-state index in [2.05, 4.69) is 27.1 Å². The number of aromatic nitrogens is 3. The van der Waals surface area contributed by atoms with E-state index in [1.54, 1.807) is 12.4 Å². The molecule has 5 aromatic rings. The van der Waals surface area contributed by atoms with Crippen LogP contribution in [0.5, 0.6) is 0 Å². The summed E-state index contributed by atoms with van der Waals surface area (Å²) in [6, 6.07) is 24.4. The van der Waals surface area contributed by atoms with Crippen molar-refractivity contribution in [1.82, 2.24) is 15.0 Å². The number of benzene rings is 2. The summed E-state index contributed by atoms with van der Waals surface area (Å²) in [6.07, 6.45) is 3.54. The molecular formula is C28H15F4IrN4. The summed E-state index contributed by atoms with van der Waals surface area (Å²) >= 11 is 0. The van der Waals surface area contributed by atoms with Gasteiger partial charge in [-0.3, -0.25) is 27.5 Å². The summed E-state index contributed by atoms with van der Waals surface area (Å²) in [5, 5.41) is 6.25. The molecule has 0 N–H and O–H groups in total. The fourth-order valence-electron chi connectivity index (χ4n) is 3.02. The van der Waals surface area contributed by atoms with Gasteiger partial charge >= 0.3 is 20.1 Å². The van der Waals surface area contributed by atoms with E-state index >= 15 is 0 Å². The quantitative estimate of drug-likeness (QED) is 0.156. The third kappa shape index (κ3) is 7.87. The van der Waals surface area contributed by atoms with E-state index in [0.29, 0.717) is 12.1 Å². The Morgan fingerprint density at radius 2 is 1.00 bits per heavy atom. The van der Waals surface area contributed by atoms with Gasteiger partial charge < -0.3 is 16.8 Å². The van der Waals surface area contributed by atoms with Crippen LogP contribution in [0, 0.1) is 47.2 Å². The Morgan fingerprint density at radius 3 is 1.35 bits per heavy atom. The van der Waals surface area contributed by atoms with Crippen LogP contribution < -0.4 is 0 Å². The van der Waals surface area contributed by atoms with Crippen LogP contribution in [0.3, 0.4) is 0 Å². The first-order valence-electron chi connectivity index (χ1n) is 10.3. The molecule has 0 aliphatic rings. The smallest absolute Gasteiger partial charge is 0.512 e. The maximum absolute atomic E-state index is 13.8. The second-order valence-electron chi connectivity index (χ2n) is 6.92. The van der Waals surface area contributed by atoms with Crippen molar-refractivity contribution in [3.63, 3.8) is 0 Å². The molecule has 0 amide bonds. The summed E-state index contributed by atoms with van der Waals surface area (Å²) in [5.74, 6) is -3.16. The van der Waals surface area contributed by atoms with Gasteiger partial charge in [-0.05, 0) is 35.7 Å². The van der Waals surface area contributed by atoms with Gasteiger partial charge in [-0.2, -0.15) is 0 Å².